The number of halogens is 3. The highest BCUT2D eigenvalue weighted by Crippen LogP contribution is 2.27. The molecule has 0 spiro atoms. The van der Waals surface area contributed by atoms with Crippen LogP contribution in [0.3, 0.4) is 0 Å². The minimum atomic E-state index is -1.88. The Morgan fingerprint density at radius 3 is 2.41 bits per heavy atom. The number of carbonyl (C=O) groups excluding carboxylic acids is 3. The SMILES string of the molecule is CC(=O)CCC(=O)O[C@H]1[C@H](O)[C@@H](COCc2ccccc2)O[C@@H](O)[C@@H]1NC(=O)OCC(Cl)(Cl)Cl. The number of ether oxygens (including phenoxy) is 4. The standard InChI is InChI=1S/C21H26Cl3NO9/c1-12(26)7-8-15(27)34-18-16(25-20(30)32-11-21(22,23)24)19(29)33-14(17(18)28)10-31-9-13-5-3-2-4-6-13/h2-6,14,16-19,28-29H,7-11H2,1H3,(H,25,30)/t14-,16-,17-,18-,19-/m1/s1. The van der Waals surface area contributed by atoms with Crippen molar-refractivity contribution >= 4 is 52.6 Å². The third-order valence-electron chi connectivity index (χ3n) is 4.69. The van der Waals surface area contributed by atoms with Gasteiger partial charge in [0.25, 0.3) is 0 Å². The number of amides is 1. The van der Waals surface area contributed by atoms with Crippen LogP contribution in [0.4, 0.5) is 4.79 Å². The van der Waals surface area contributed by atoms with E-state index in [1.807, 2.05) is 30.3 Å². The average Bonchev–Trinajstić information content (AvgIpc) is 2.76. The Morgan fingerprint density at radius 1 is 1.12 bits per heavy atom. The highest BCUT2D eigenvalue weighted by Gasteiger charge is 2.48. The van der Waals surface area contributed by atoms with Crippen LogP contribution >= 0.6 is 34.8 Å². The fraction of sp³-hybridized carbons (Fsp3) is 0.571. The summed E-state index contributed by atoms with van der Waals surface area (Å²) in [5, 5.41) is 23.5. The fourth-order valence-corrected chi connectivity index (χ4v) is 3.21. The van der Waals surface area contributed by atoms with Crippen molar-refractivity contribution in [3.05, 3.63) is 35.9 Å². The second kappa shape index (κ2) is 13.4. The minimum Gasteiger partial charge on any atom is -0.457 e. The minimum absolute atomic E-state index is 0.0757. The Labute approximate surface area is 211 Å². The van der Waals surface area contributed by atoms with Crippen LogP contribution in [0.5, 0.6) is 0 Å². The Morgan fingerprint density at radius 2 is 1.79 bits per heavy atom. The Bertz CT molecular complexity index is 821. The molecule has 13 heteroatoms. The van der Waals surface area contributed by atoms with E-state index in [2.05, 4.69) is 5.32 Å². The largest absolute Gasteiger partial charge is 0.457 e. The van der Waals surface area contributed by atoms with Gasteiger partial charge >= 0.3 is 12.1 Å². The van der Waals surface area contributed by atoms with E-state index in [1.54, 1.807) is 0 Å². The Kier molecular flexibility index (Phi) is 11.3. The van der Waals surface area contributed by atoms with E-state index in [0.29, 0.717) is 0 Å². The van der Waals surface area contributed by atoms with Crippen LogP contribution in [0, 0.1) is 0 Å². The number of esters is 1. The molecule has 34 heavy (non-hydrogen) atoms. The molecular formula is C21H26Cl3NO9. The van der Waals surface area contributed by atoms with Crippen LogP contribution in [0.25, 0.3) is 0 Å². The first-order valence-electron chi connectivity index (χ1n) is 10.3. The third-order valence-corrected chi connectivity index (χ3v) is 5.01. The molecule has 10 nitrogen and oxygen atoms in total. The number of carbonyl (C=O) groups is 3. The molecule has 5 atom stereocenters. The predicted octanol–water partition coefficient (Wildman–Crippen LogP) is 2.03. The van der Waals surface area contributed by atoms with E-state index in [0.717, 1.165) is 5.56 Å². The molecule has 1 amide bonds. The first kappa shape index (κ1) is 28.6. The first-order valence-corrected chi connectivity index (χ1v) is 11.4. The molecule has 0 aromatic heterocycles. The number of alkyl carbamates (subject to hydrolysis) is 1. The molecular weight excluding hydrogens is 517 g/mol. The molecule has 0 unspecified atom stereocenters. The summed E-state index contributed by atoms with van der Waals surface area (Å²) in [4.78, 5) is 35.5. The monoisotopic (exact) mass is 541 g/mol. The topological polar surface area (TPSA) is 141 Å². The molecule has 2 rings (SSSR count). The molecule has 1 saturated heterocycles. The number of hydrogen-bond acceptors (Lipinski definition) is 9. The smallest absolute Gasteiger partial charge is 0.407 e. The molecule has 1 aromatic rings. The van der Waals surface area contributed by atoms with Gasteiger partial charge < -0.3 is 39.3 Å². The van der Waals surface area contributed by atoms with Gasteiger partial charge in [-0.3, -0.25) is 4.79 Å². The molecule has 0 saturated carbocycles. The van der Waals surface area contributed by atoms with Gasteiger partial charge in [0.2, 0.25) is 3.79 Å². The van der Waals surface area contributed by atoms with Crippen LogP contribution < -0.4 is 5.32 Å². The molecule has 190 valence electrons. The van der Waals surface area contributed by atoms with E-state index in [-0.39, 0.29) is 31.8 Å². The number of aliphatic hydroxyl groups excluding tert-OH is 2. The summed E-state index contributed by atoms with van der Waals surface area (Å²) in [6, 6.07) is 7.78. The number of nitrogens with one attached hydrogen (secondary N) is 1. The van der Waals surface area contributed by atoms with Crippen LogP contribution in [-0.4, -0.2) is 75.7 Å². The van der Waals surface area contributed by atoms with Crippen molar-refractivity contribution in [2.75, 3.05) is 13.2 Å². The van der Waals surface area contributed by atoms with Gasteiger partial charge in [-0.05, 0) is 12.5 Å². The molecule has 3 N–H and O–H groups in total. The number of benzene rings is 1. The predicted molar refractivity (Wildman–Crippen MR) is 121 cm³/mol. The van der Waals surface area contributed by atoms with Crippen molar-refractivity contribution in [1.29, 1.82) is 0 Å². The molecule has 1 aliphatic rings. The maximum absolute atomic E-state index is 12.2. The molecule has 1 aromatic carbocycles. The van der Waals surface area contributed by atoms with Gasteiger partial charge in [0.05, 0.1) is 19.6 Å². The van der Waals surface area contributed by atoms with Crippen molar-refractivity contribution in [3.8, 4) is 0 Å². The number of rotatable bonds is 10. The average molecular weight is 543 g/mol. The summed E-state index contributed by atoms with van der Waals surface area (Å²) in [5.41, 5.74) is 0.872. The first-order chi connectivity index (χ1) is 16.0. The number of alkyl halides is 3. The summed E-state index contributed by atoms with van der Waals surface area (Å²) >= 11 is 16.6. The number of hydrogen-bond donors (Lipinski definition) is 3. The van der Waals surface area contributed by atoms with Crippen LogP contribution in [0.1, 0.15) is 25.3 Å². The summed E-state index contributed by atoms with van der Waals surface area (Å²) in [6.45, 7) is 0.761. The van der Waals surface area contributed by atoms with E-state index in [9.17, 15) is 24.6 Å². The van der Waals surface area contributed by atoms with E-state index >= 15 is 0 Å². The quantitative estimate of drug-likeness (QED) is 0.299. The van der Waals surface area contributed by atoms with Gasteiger partial charge in [-0.25, -0.2) is 4.79 Å². The summed E-state index contributed by atoms with van der Waals surface area (Å²) in [5.74, 6) is -1.06. The zero-order valence-corrected chi connectivity index (χ0v) is 20.5. The van der Waals surface area contributed by atoms with Gasteiger partial charge in [0.15, 0.2) is 12.4 Å². The van der Waals surface area contributed by atoms with Gasteiger partial charge in [-0.2, -0.15) is 0 Å². The lowest BCUT2D eigenvalue weighted by molar-refractivity contribution is -0.261. The second-order valence-corrected chi connectivity index (χ2v) is 10.1. The van der Waals surface area contributed by atoms with E-state index in [1.165, 1.54) is 6.92 Å². The van der Waals surface area contributed by atoms with Crippen molar-refractivity contribution in [1.82, 2.24) is 5.32 Å². The Hall–Kier alpha value is -1.66. The molecule has 1 heterocycles. The van der Waals surface area contributed by atoms with E-state index in [4.69, 9.17) is 53.8 Å². The summed E-state index contributed by atoms with van der Waals surface area (Å²) in [7, 11) is 0. The lowest BCUT2D eigenvalue weighted by atomic mass is 9.96. The highest BCUT2D eigenvalue weighted by atomic mass is 35.6. The molecule has 0 bridgehead atoms. The fourth-order valence-electron chi connectivity index (χ4n) is 3.05. The van der Waals surface area contributed by atoms with Crippen molar-refractivity contribution in [2.45, 2.75) is 60.8 Å². The summed E-state index contributed by atoms with van der Waals surface area (Å²) in [6.07, 6.45) is -7.20. The molecule has 1 aliphatic heterocycles. The Balaban J connectivity index is 2.06. The number of Topliss-reactive ketones (excluding diaryl/α,β-unsaturated/α-hetero) is 1. The van der Waals surface area contributed by atoms with Gasteiger partial charge in [0, 0.05) is 6.42 Å². The second-order valence-electron chi connectivity index (χ2n) is 7.57. The van der Waals surface area contributed by atoms with Gasteiger partial charge in [-0.15, -0.1) is 0 Å². The van der Waals surface area contributed by atoms with E-state index < -0.39 is 53.1 Å². The van der Waals surface area contributed by atoms with Crippen molar-refractivity contribution in [2.24, 2.45) is 0 Å². The maximum atomic E-state index is 12.2. The lowest BCUT2D eigenvalue weighted by Gasteiger charge is -2.42. The zero-order valence-electron chi connectivity index (χ0n) is 18.2. The van der Waals surface area contributed by atoms with Crippen molar-refractivity contribution < 1.29 is 43.5 Å². The molecule has 0 radical (unpaired) electrons. The highest BCUT2D eigenvalue weighted by molar-refractivity contribution is 6.67. The maximum Gasteiger partial charge on any atom is 0.407 e. The zero-order chi connectivity index (χ0) is 25.3. The van der Waals surface area contributed by atoms with Crippen LogP contribution in [0.2, 0.25) is 0 Å². The van der Waals surface area contributed by atoms with Crippen LogP contribution in [-0.2, 0) is 35.1 Å². The number of ketones is 1. The van der Waals surface area contributed by atoms with Gasteiger partial charge in [-0.1, -0.05) is 65.1 Å². The molecule has 0 aliphatic carbocycles. The lowest BCUT2D eigenvalue weighted by Crippen LogP contribution is -2.65. The normalized spacial score (nSPS) is 24.8. The van der Waals surface area contributed by atoms with Crippen LogP contribution in [0.15, 0.2) is 30.3 Å². The molecule has 1 fully saturated rings. The third kappa shape index (κ3) is 9.91. The number of aliphatic hydroxyl groups is 2. The van der Waals surface area contributed by atoms with Crippen molar-refractivity contribution in [3.63, 3.8) is 0 Å². The van der Waals surface area contributed by atoms with Gasteiger partial charge in [0.1, 0.15) is 30.6 Å². The summed E-state index contributed by atoms with van der Waals surface area (Å²) < 4.78 is 19.1.